The van der Waals surface area contributed by atoms with Gasteiger partial charge >= 0.3 is 5.97 Å². The summed E-state index contributed by atoms with van der Waals surface area (Å²) in [5.41, 5.74) is 0.970. The van der Waals surface area contributed by atoms with Crippen LogP contribution in [-0.4, -0.2) is 55.8 Å². The molecule has 1 aliphatic rings. The predicted molar refractivity (Wildman–Crippen MR) is 87.7 cm³/mol. The number of anilines is 1. The van der Waals surface area contributed by atoms with Gasteiger partial charge in [0.2, 0.25) is 0 Å². The van der Waals surface area contributed by atoms with Gasteiger partial charge in [0.25, 0.3) is 0 Å². The molecule has 22 heavy (non-hydrogen) atoms. The zero-order valence-electron chi connectivity index (χ0n) is 13.5. The molecule has 5 heteroatoms. The largest absolute Gasteiger partial charge is 0.495 e. The fourth-order valence-corrected chi connectivity index (χ4v) is 2.88. The summed E-state index contributed by atoms with van der Waals surface area (Å²) >= 11 is 0. The lowest BCUT2D eigenvalue weighted by Gasteiger charge is -2.29. The lowest BCUT2D eigenvalue weighted by Crippen LogP contribution is -2.38. The van der Waals surface area contributed by atoms with Gasteiger partial charge in [-0.3, -0.25) is 4.79 Å². The summed E-state index contributed by atoms with van der Waals surface area (Å²) in [5.74, 6) is -0.383. The monoisotopic (exact) mass is 306 g/mol. The number of rotatable bonds is 8. The number of methoxy groups -OCH3 is 1. The van der Waals surface area contributed by atoms with Crippen molar-refractivity contribution >= 4 is 11.7 Å². The van der Waals surface area contributed by atoms with Crippen molar-refractivity contribution in [2.45, 2.75) is 19.8 Å². The molecule has 1 atom stereocenters. The normalized spacial score (nSPS) is 16.5. The molecule has 0 aromatic heterocycles. The number of ether oxygens (including phenoxy) is 1. The molecule has 0 aliphatic carbocycles. The number of nitrogens with zero attached hydrogens (tertiary/aromatic N) is 2. The summed E-state index contributed by atoms with van der Waals surface area (Å²) in [6.07, 6.45) is 2.53. The van der Waals surface area contributed by atoms with E-state index in [-0.39, 0.29) is 0 Å². The highest BCUT2D eigenvalue weighted by Crippen LogP contribution is 2.28. The topological polar surface area (TPSA) is 53.0 Å². The van der Waals surface area contributed by atoms with Crippen LogP contribution in [0, 0.1) is 5.92 Å². The minimum Gasteiger partial charge on any atom is -0.495 e. The molecule has 1 aromatic carbocycles. The van der Waals surface area contributed by atoms with Gasteiger partial charge in [0.05, 0.1) is 18.7 Å². The van der Waals surface area contributed by atoms with E-state index in [0.717, 1.165) is 37.6 Å². The maximum absolute atomic E-state index is 11.2. The lowest BCUT2D eigenvalue weighted by atomic mass is 10.1. The van der Waals surface area contributed by atoms with Crippen molar-refractivity contribution < 1.29 is 14.6 Å². The molecule has 1 aromatic rings. The van der Waals surface area contributed by atoms with Crippen LogP contribution in [0.15, 0.2) is 24.3 Å². The average molecular weight is 306 g/mol. The van der Waals surface area contributed by atoms with Gasteiger partial charge in [-0.15, -0.1) is 0 Å². The van der Waals surface area contributed by atoms with E-state index in [2.05, 4.69) is 9.80 Å². The van der Waals surface area contributed by atoms with Crippen molar-refractivity contribution in [2.75, 3.05) is 44.7 Å². The quantitative estimate of drug-likeness (QED) is 0.799. The number of para-hydroxylation sites is 2. The van der Waals surface area contributed by atoms with Gasteiger partial charge < -0.3 is 19.6 Å². The molecule has 0 spiro atoms. The van der Waals surface area contributed by atoms with Crippen LogP contribution in [0.25, 0.3) is 0 Å². The van der Waals surface area contributed by atoms with Crippen LogP contribution in [0.2, 0.25) is 0 Å². The zero-order chi connectivity index (χ0) is 15.9. The van der Waals surface area contributed by atoms with Gasteiger partial charge in [-0.2, -0.15) is 0 Å². The van der Waals surface area contributed by atoms with Crippen molar-refractivity contribution in [3.05, 3.63) is 24.3 Å². The highest BCUT2D eigenvalue weighted by molar-refractivity contribution is 5.71. The van der Waals surface area contributed by atoms with Crippen molar-refractivity contribution in [3.8, 4) is 5.75 Å². The SMILES string of the molecule is COc1ccccc1N(CCN1CCCC1)CC(C)C(=O)O. The Kier molecular flexibility index (Phi) is 6.07. The van der Waals surface area contributed by atoms with Crippen molar-refractivity contribution in [1.29, 1.82) is 0 Å². The van der Waals surface area contributed by atoms with Crippen molar-refractivity contribution in [1.82, 2.24) is 4.90 Å². The Bertz CT molecular complexity index is 487. The zero-order valence-corrected chi connectivity index (χ0v) is 13.5. The Labute approximate surface area is 132 Å². The predicted octanol–water partition coefficient (Wildman–Crippen LogP) is 2.32. The minimum atomic E-state index is -0.763. The standard InChI is InChI=1S/C17H26N2O3/c1-14(17(20)21)13-19(12-11-18-9-5-6-10-18)15-7-3-4-8-16(15)22-2/h3-4,7-8,14H,5-6,9-13H2,1-2H3,(H,20,21). The Morgan fingerprint density at radius 3 is 2.68 bits per heavy atom. The highest BCUT2D eigenvalue weighted by Gasteiger charge is 2.20. The summed E-state index contributed by atoms with van der Waals surface area (Å²) < 4.78 is 5.44. The van der Waals surface area contributed by atoms with Gasteiger partial charge in [0, 0.05) is 19.6 Å². The number of likely N-dealkylation sites (tertiary alicyclic amines) is 1. The van der Waals surface area contributed by atoms with E-state index < -0.39 is 11.9 Å². The first kappa shape index (κ1) is 16.6. The fourth-order valence-electron chi connectivity index (χ4n) is 2.88. The molecule has 1 aliphatic heterocycles. The molecule has 5 nitrogen and oxygen atoms in total. The minimum absolute atomic E-state index is 0.413. The average Bonchev–Trinajstić information content (AvgIpc) is 3.04. The highest BCUT2D eigenvalue weighted by atomic mass is 16.5. The molecule has 0 radical (unpaired) electrons. The van der Waals surface area contributed by atoms with Crippen LogP contribution in [0.1, 0.15) is 19.8 Å². The molecule has 122 valence electrons. The van der Waals surface area contributed by atoms with E-state index in [1.807, 2.05) is 24.3 Å². The van der Waals surface area contributed by atoms with E-state index >= 15 is 0 Å². The first-order chi connectivity index (χ1) is 10.6. The fraction of sp³-hybridized carbons (Fsp3) is 0.588. The number of hydrogen-bond donors (Lipinski definition) is 1. The third-order valence-corrected chi connectivity index (χ3v) is 4.23. The number of carboxylic acid groups (broad SMARTS) is 1. The van der Waals surface area contributed by atoms with E-state index in [9.17, 15) is 9.90 Å². The maximum atomic E-state index is 11.2. The molecule has 1 N–H and O–H groups in total. The van der Waals surface area contributed by atoms with Gasteiger partial charge in [0.1, 0.15) is 5.75 Å². The Hall–Kier alpha value is -1.75. The van der Waals surface area contributed by atoms with Crippen LogP contribution < -0.4 is 9.64 Å². The first-order valence-electron chi connectivity index (χ1n) is 7.95. The van der Waals surface area contributed by atoms with Crippen LogP contribution in [0.3, 0.4) is 0 Å². The number of carboxylic acids is 1. The third-order valence-electron chi connectivity index (χ3n) is 4.23. The molecule has 1 fully saturated rings. The summed E-state index contributed by atoms with van der Waals surface area (Å²) in [6, 6.07) is 7.81. The van der Waals surface area contributed by atoms with Crippen LogP contribution in [-0.2, 0) is 4.79 Å². The molecule has 0 bridgehead atoms. The molecule has 1 unspecified atom stereocenters. The number of hydrogen-bond acceptors (Lipinski definition) is 4. The Morgan fingerprint density at radius 2 is 2.05 bits per heavy atom. The van der Waals surface area contributed by atoms with E-state index in [1.165, 1.54) is 12.8 Å². The molecule has 0 saturated carbocycles. The molecule has 1 heterocycles. The summed E-state index contributed by atoms with van der Waals surface area (Å²) in [5, 5.41) is 9.22. The van der Waals surface area contributed by atoms with E-state index in [1.54, 1.807) is 14.0 Å². The smallest absolute Gasteiger partial charge is 0.308 e. The van der Waals surface area contributed by atoms with Crippen molar-refractivity contribution in [3.63, 3.8) is 0 Å². The second-order valence-corrected chi connectivity index (χ2v) is 5.91. The molecule has 2 rings (SSSR count). The Morgan fingerprint density at radius 1 is 1.36 bits per heavy atom. The van der Waals surface area contributed by atoms with Gasteiger partial charge in [0.15, 0.2) is 0 Å². The number of benzene rings is 1. The number of aliphatic carboxylic acids is 1. The van der Waals surface area contributed by atoms with E-state index in [4.69, 9.17) is 4.74 Å². The van der Waals surface area contributed by atoms with Gasteiger partial charge in [-0.25, -0.2) is 0 Å². The van der Waals surface area contributed by atoms with Gasteiger partial charge in [-0.1, -0.05) is 19.1 Å². The van der Waals surface area contributed by atoms with Crippen molar-refractivity contribution in [2.24, 2.45) is 5.92 Å². The Balaban J connectivity index is 2.10. The second-order valence-electron chi connectivity index (χ2n) is 5.91. The maximum Gasteiger partial charge on any atom is 0.308 e. The number of carbonyl (C=O) groups is 1. The lowest BCUT2D eigenvalue weighted by molar-refractivity contribution is -0.140. The summed E-state index contributed by atoms with van der Waals surface area (Å²) in [4.78, 5) is 15.8. The molecule has 1 saturated heterocycles. The molecular formula is C17H26N2O3. The summed E-state index contributed by atoms with van der Waals surface area (Å²) in [6.45, 7) is 6.31. The second kappa shape index (κ2) is 8.03. The molecular weight excluding hydrogens is 280 g/mol. The third kappa shape index (κ3) is 4.37. The van der Waals surface area contributed by atoms with E-state index in [0.29, 0.717) is 6.54 Å². The van der Waals surface area contributed by atoms with Crippen LogP contribution in [0.4, 0.5) is 5.69 Å². The van der Waals surface area contributed by atoms with Gasteiger partial charge in [-0.05, 0) is 38.1 Å². The molecule has 0 amide bonds. The van der Waals surface area contributed by atoms with Crippen LogP contribution >= 0.6 is 0 Å². The summed E-state index contributed by atoms with van der Waals surface area (Å²) in [7, 11) is 1.65. The first-order valence-corrected chi connectivity index (χ1v) is 7.95. The van der Waals surface area contributed by atoms with Crippen LogP contribution in [0.5, 0.6) is 5.75 Å².